The van der Waals surface area contributed by atoms with E-state index in [4.69, 9.17) is 0 Å². The maximum atomic E-state index is 11.8. The first-order chi connectivity index (χ1) is 8.24. The number of amides is 1. The van der Waals surface area contributed by atoms with Gasteiger partial charge in [0, 0.05) is 20.0 Å². The lowest BCUT2D eigenvalue weighted by atomic mass is 10.2. The van der Waals surface area contributed by atoms with Crippen molar-refractivity contribution in [1.82, 2.24) is 4.90 Å². The van der Waals surface area contributed by atoms with Crippen LogP contribution >= 0.6 is 11.8 Å². The Hall–Kier alpha value is -1.29. The summed E-state index contributed by atoms with van der Waals surface area (Å²) in [4.78, 5) is 18.2. The van der Waals surface area contributed by atoms with Crippen LogP contribution in [0.15, 0.2) is 29.3 Å². The van der Waals surface area contributed by atoms with E-state index >= 15 is 0 Å². The third-order valence-corrected chi connectivity index (χ3v) is 4.46. The molecule has 0 unspecified atom stereocenters. The van der Waals surface area contributed by atoms with Crippen LogP contribution in [0.2, 0.25) is 0 Å². The van der Waals surface area contributed by atoms with Crippen molar-refractivity contribution in [1.29, 1.82) is 0 Å². The molecular weight excluding hydrogens is 232 g/mol. The summed E-state index contributed by atoms with van der Waals surface area (Å²) in [5.41, 5.74) is 2.34. The molecular formula is C13H14N2OS. The number of hydrogen-bond donors (Lipinski definition) is 0. The lowest BCUT2D eigenvalue weighted by molar-refractivity contribution is -0.126. The Morgan fingerprint density at radius 2 is 2.24 bits per heavy atom. The number of rotatable bonds is 1. The highest BCUT2D eigenvalue weighted by molar-refractivity contribution is 8.15. The minimum atomic E-state index is 0.0769. The summed E-state index contributed by atoms with van der Waals surface area (Å²) >= 11 is 1.64. The van der Waals surface area contributed by atoms with Crippen molar-refractivity contribution in [3.05, 3.63) is 29.8 Å². The fraction of sp³-hybridized carbons (Fsp3) is 0.385. The van der Waals surface area contributed by atoms with Gasteiger partial charge in [0.15, 0.2) is 0 Å². The van der Waals surface area contributed by atoms with Gasteiger partial charge < -0.3 is 4.90 Å². The summed E-state index contributed by atoms with van der Waals surface area (Å²) in [6.07, 6.45) is 1.82. The zero-order valence-corrected chi connectivity index (χ0v) is 10.5. The van der Waals surface area contributed by atoms with Crippen molar-refractivity contribution in [2.75, 3.05) is 13.6 Å². The van der Waals surface area contributed by atoms with E-state index in [1.807, 2.05) is 25.2 Å². The minimum Gasteiger partial charge on any atom is -0.345 e. The highest BCUT2D eigenvalue weighted by Gasteiger charge is 2.31. The van der Waals surface area contributed by atoms with Crippen LogP contribution in [-0.4, -0.2) is 34.7 Å². The number of hydrogen-bond acceptors (Lipinski definition) is 3. The number of benzene rings is 1. The minimum absolute atomic E-state index is 0.0769. The Labute approximate surface area is 105 Å². The molecule has 0 spiro atoms. The number of aliphatic imine (C=N–C) groups is 1. The summed E-state index contributed by atoms with van der Waals surface area (Å²) in [6.45, 7) is 0.872. The Morgan fingerprint density at radius 3 is 2.94 bits per heavy atom. The quantitative estimate of drug-likeness (QED) is 0.761. The standard InChI is InChI=1S/C13H14N2OS/c1-15-7-6-11(13(15)16)17-12-8-9-4-2-3-5-10(9)14-12/h2-5,11H,6-8H2,1H3/t11-/m0/s1. The van der Waals surface area contributed by atoms with Gasteiger partial charge in [0.1, 0.15) is 0 Å². The molecule has 4 heteroatoms. The SMILES string of the molecule is CN1CC[C@H](SC2=Nc3ccccc3C2)C1=O. The topological polar surface area (TPSA) is 32.7 Å². The number of carbonyl (C=O) groups is 1. The van der Waals surface area contributed by atoms with E-state index in [0.29, 0.717) is 0 Å². The molecule has 3 rings (SSSR count). The predicted molar refractivity (Wildman–Crippen MR) is 70.9 cm³/mol. The van der Waals surface area contributed by atoms with Gasteiger partial charge >= 0.3 is 0 Å². The zero-order valence-electron chi connectivity index (χ0n) is 9.72. The first-order valence-corrected chi connectivity index (χ1v) is 6.69. The molecule has 1 atom stereocenters. The second-order valence-electron chi connectivity index (χ2n) is 4.47. The van der Waals surface area contributed by atoms with E-state index < -0.39 is 0 Å². The lowest BCUT2D eigenvalue weighted by Crippen LogP contribution is -2.24. The fourth-order valence-corrected chi connectivity index (χ4v) is 3.46. The smallest absolute Gasteiger partial charge is 0.235 e. The lowest BCUT2D eigenvalue weighted by Gasteiger charge is -2.09. The fourth-order valence-electron chi connectivity index (χ4n) is 2.24. The highest BCUT2D eigenvalue weighted by atomic mass is 32.2. The molecule has 2 aliphatic rings. The first-order valence-electron chi connectivity index (χ1n) is 5.81. The van der Waals surface area contributed by atoms with E-state index in [1.165, 1.54) is 5.56 Å². The molecule has 1 aromatic carbocycles. The number of nitrogens with zero attached hydrogens (tertiary/aromatic N) is 2. The van der Waals surface area contributed by atoms with Gasteiger partial charge in [-0.15, -0.1) is 0 Å². The van der Waals surface area contributed by atoms with Crippen molar-refractivity contribution in [2.24, 2.45) is 4.99 Å². The third kappa shape index (κ3) is 1.97. The van der Waals surface area contributed by atoms with Crippen LogP contribution < -0.4 is 0 Å². The summed E-state index contributed by atoms with van der Waals surface area (Å²) in [6, 6.07) is 8.18. The van der Waals surface area contributed by atoms with Gasteiger partial charge in [0.05, 0.1) is 16.0 Å². The van der Waals surface area contributed by atoms with Crippen molar-refractivity contribution < 1.29 is 4.79 Å². The second kappa shape index (κ2) is 4.18. The van der Waals surface area contributed by atoms with Crippen LogP contribution in [0.25, 0.3) is 0 Å². The summed E-state index contributed by atoms with van der Waals surface area (Å²) < 4.78 is 0. The van der Waals surface area contributed by atoms with Gasteiger partial charge in [0.2, 0.25) is 5.91 Å². The zero-order chi connectivity index (χ0) is 11.8. The van der Waals surface area contributed by atoms with Crippen molar-refractivity contribution in [2.45, 2.75) is 18.1 Å². The number of carbonyl (C=O) groups excluding carboxylic acids is 1. The Balaban J connectivity index is 1.72. The van der Waals surface area contributed by atoms with E-state index in [-0.39, 0.29) is 11.2 Å². The van der Waals surface area contributed by atoms with Crippen molar-refractivity contribution in [3.63, 3.8) is 0 Å². The maximum absolute atomic E-state index is 11.8. The van der Waals surface area contributed by atoms with Gasteiger partial charge in [0.25, 0.3) is 0 Å². The van der Waals surface area contributed by atoms with E-state index in [0.717, 1.165) is 30.1 Å². The molecule has 17 heavy (non-hydrogen) atoms. The summed E-state index contributed by atoms with van der Waals surface area (Å²) in [5.74, 6) is 0.244. The van der Waals surface area contributed by atoms with Crippen molar-refractivity contribution >= 4 is 28.4 Å². The molecule has 0 bridgehead atoms. The van der Waals surface area contributed by atoms with Crippen LogP contribution in [0.3, 0.4) is 0 Å². The molecule has 0 aromatic heterocycles. The molecule has 0 aliphatic carbocycles. The summed E-state index contributed by atoms with van der Waals surface area (Å²) in [5, 5.41) is 1.16. The normalized spacial score (nSPS) is 22.9. The van der Waals surface area contributed by atoms with Crippen LogP contribution in [0.4, 0.5) is 5.69 Å². The molecule has 1 amide bonds. The molecule has 1 aromatic rings. The number of para-hydroxylation sites is 1. The van der Waals surface area contributed by atoms with Gasteiger partial charge in [-0.1, -0.05) is 30.0 Å². The van der Waals surface area contributed by atoms with Gasteiger partial charge in [-0.3, -0.25) is 4.79 Å². The van der Waals surface area contributed by atoms with Crippen LogP contribution in [0.1, 0.15) is 12.0 Å². The van der Waals surface area contributed by atoms with Gasteiger partial charge in [-0.2, -0.15) is 0 Å². The van der Waals surface area contributed by atoms with Crippen LogP contribution in [0.5, 0.6) is 0 Å². The predicted octanol–water partition coefficient (Wildman–Crippen LogP) is 2.24. The Bertz CT molecular complexity index is 498. The molecule has 0 N–H and O–H groups in total. The average molecular weight is 246 g/mol. The number of fused-ring (bicyclic) bond motifs is 1. The monoisotopic (exact) mass is 246 g/mol. The van der Waals surface area contributed by atoms with Crippen LogP contribution in [0, 0.1) is 0 Å². The third-order valence-electron chi connectivity index (χ3n) is 3.24. The Morgan fingerprint density at radius 1 is 1.41 bits per heavy atom. The first kappa shape index (κ1) is 10.8. The molecule has 2 aliphatic heterocycles. The average Bonchev–Trinajstić information content (AvgIpc) is 2.87. The second-order valence-corrected chi connectivity index (χ2v) is 5.74. The highest BCUT2D eigenvalue weighted by Crippen LogP contribution is 2.33. The molecule has 3 nitrogen and oxygen atoms in total. The van der Waals surface area contributed by atoms with E-state index in [2.05, 4.69) is 11.1 Å². The number of thioether (sulfide) groups is 1. The van der Waals surface area contributed by atoms with Gasteiger partial charge in [-0.05, 0) is 18.1 Å². The molecule has 2 heterocycles. The Kier molecular flexibility index (Phi) is 2.67. The van der Waals surface area contributed by atoms with Gasteiger partial charge in [-0.25, -0.2) is 4.99 Å². The summed E-state index contributed by atoms with van der Waals surface area (Å²) in [7, 11) is 1.87. The maximum Gasteiger partial charge on any atom is 0.235 e. The number of likely N-dealkylation sites (tertiary alicyclic amines) is 1. The molecule has 0 saturated carbocycles. The van der Waals surface area contributed by atoms with E-state index in [1.54, 1.807) is 16.7 Å². The largest absolute Gasteiger partial charge is 0.345 e. The molecule has 0 radical (unpaired) electrons. The molecule has 88 valence electrons. The van der Waals surface area contributed by atoms with Crippen LogP contribution in [-0.2, 0) is 11.2 Å². The molecule has 1 saturated heterocycles. The molecule has 1 fully saturated rings. The van der Waals surface area contributed by atoms with E-state index in [9.17, 15) is 4.79 Å². The van der Waals surface area contributed by atoms with Crippen molar-refractivity contribution in [3.8, 4) is 0 Å².